The van der Waals surface area contributed by atoms with Gasteiger partial charge in [0.1, 0.15) is 0 Å². The highest BCUT2D eigenvalue weighted by Crippen LogP contribution is 2.30. The molecule has 3 aromatic rings. The standard InChI is InChI=1S/C26H26F2N2O2/c1-5-24(32)30(4)22-14-13-21(25(27)26(22)28)19-8-10-20(11-9-19)23(31)15-12-18-7-6-16(2)29-17(18)3/h6-11,13-14H,5,12,15H2,1-4H3. The fourth-order valence-corrected chi connectivity index (χ4v) is 3.60. The molecule has 0 saturated heterocycles. The number of Topliss-reactive ketones (excluding diaryl/α,β-unsaturated/α-hetero) is 1. The van der Waals surface area contributed by atoms with Crippen molar-refractivity contribution in [2.45, 2.75) is 40.0 Å². The summed E-state index contributed by atoms with van der Waals surface area (Å²) in [6, 6.07) is 13.2. The zero-order chi connectivity index (χ0) is 23.4. The molecule has 0 N–H and O–H groups in total. The lowest BCUT2D eigenvalue weighted by Crippen LogP contribution is -2.26. The molecule has 2 aromatic carbocycles. The second-order valence-electron chi connectivity index (χ2n) is 7.76. The van der Waals surface area contributed by atoms with Gasteiger partial charge in [-0.2, -0.15) is 0 Å². The van der Waals surface area contributed by atoms with Gasteiger partial charge in [-0.05, 0) is 49.6 Å². The van der Waals surface area contributed by atoms with Crippen LogP contribution >= 0.6 is 0 Å². The van der Waals surface area contributed by atoms with E-state index >= 15 is 0 Å². The predicted molar refractivity (Wildman–Crippen MR) is 122 cm³/mol. The summed E-state index contributed by atoms with van der Waals surface area (Å²) in [6.07, 6.45) is 1.11. The molecule has 0 saturated carbocycles. The van der Waals surface area contributed by atoms with Gasteiger partial charge < -0.3 is 4.90 Å². The molecule has 0 spiro atoms. The van der Waals surface area contributed by atoms with Gasteiger partial charge in [0.15, 0.2) is 17.4 Å². The molecule has 1 amide bonds. The lowest BCUT2D eigenvalue weighted by Gasteiger charge is -2.18. The topological polar surface area (TPSA) is 50.3 Å². The number of rotatable bonds is 7. The maximum atomic E-state index is 14.7. The molecule has 0 aliphatic carbocycles. The summed E-state index contributed by atoms with van der Waals surface area (Å²) in [5.41, 5.74) is 3.82. The van der Waals surface area contributed by atoms with Crippen LogP contribution in [0.5, 0.6) is 0 Å². The molecule has 166 valence electrons. The highest BCUT2D eigenvalue weighted by molar-refractivity contribution is 5.96. The third-order valence-electron chi connectivity index (χ3n) is 5.57. The van der Waals surface area contributed by atoms with Crippen LogP contribution in [0.4, 0.5) is 14.5 Å². The maximum Gasteiger partial charge on any atom is 0.226 e. The number of pyridine rings is 1. The van der Waals surface area contributed by atoms with Crippen LogP contribution in [-0.2, 0) is 11.2 Å². The third kappa shape index (κ3) is 4.90. The Morgan fingerprint density at radius 1 is 0.938 bits per heavy atom. The monoisotopic (exact) mass is 436 g/mol. The summed E-state index contributed by atoms with van der Waals surface area (Å²) in [7, 11) is 1.41. The summed E-state index contributed by atoms with van der Waals surface area (Å²) in [6.45, 7) is 5.51. The van der Waals surface area contributed by atoms with Gasteiger partial charge in [0.2, 0.25) is 5.91 Å². The Bertz CT molecular complexity index is 1160. The Labute approximate surface area is 186 Å². The van der Waals surface area contributed by atoms with Crippen LogP contribution in [0.3, 0.4) is 0 Å². The fraction of sp³-hybridized carbons (Fsp3) is 0.269. The van der Waals surface area contributed by atoms with E-state index in [1.165, 1.54) is 19.2 Å². The summed E-state index contributed by atoms with van der Waals surface area (Å²) >= 11 is 0. The number of hydrogen-bond donors (Lipinski definition) is 0. The van der Waals surface area contributed by atoms with E-state index < -0.39 is 11.6 Å². The van der Waals surface area contributed by atoms with E-state index in [0.717, 1.165) is 21.9 Å². The molecule has 0 radical (unpaired) electrons. The van der Waals surface area contributed by atoms with Crippen molar-refractivity contribution >= 4 is 17.4 Å². The molecule has 0 aliphatic heterocycles. The van der Waals surface area contributed by atoms with Crippen LogP contribution in [0, 0.1) is 25.5 Å². The quantitative estimate of drug-likeness (QED) is 0.438. The number of nitrogens with zero attached hydrogens (tertiary/aromatic N) is 2. The lowest BCUT2D eigenvalue weighted by atomic mass is 9.98. The van der Waals surface area contributed by atoms with Crippen molar-refractivity contribution < 1.29 is 18.4 Å². The number of carbonyl (C=O) groups excluding carboxylic acids is 2. The average molecular weight is 437 g/mol. The first kappa shape index (κ1) is 23.3. The second-order valence-corrected chi connectivity index (χ2v) is 7.76. The van der Waals surface area contributed by atoms with E-state index in [-0.39, 0.29) is 29.4 Å². The molecule has 0 atom stereocenters. The van der Waals surface area contributed by atoms with Gasteiger partial charge in [-0.15, -0.1) is 0 Å². The summed E-state index contributed by atoms with van der Waals surface area (Å²) in [4.78, 5) is 29.9. The normalized spacial score (nSPS) is 10.8. The average Bonchev–Trinajstić information content (AvgIpc) is 2.79. The highest BCUT2D eigenvalue weighted by Gasteiger charge is 2.20. The lowest BCUT2D eigenvalue weighted by molar-refractivity contribution is -0.118. The van der Waals surface area contributed by atoms with Crippen molar-refractivity contribution in [2.75, 3.05) is 11.9 Å². The van der Waals surface area contributed by atoms with E-state index in [2.05, 4.69) is 4.98 Å². The number of aromatic nitrogens is 1. The molecule has 0 fully saturated rings. The van der Waals surface area contributed by atoms with E-state index in [4.69, 9.17) is 0 Å². The molecular formula is C26H26F2N2O2. The minimum atomic E-state index is -1.07. The van der Waals surface area contributed by atoms with E-state index in [0.29, 0.717) is 24.0 Å². The molecule has 0 unspecified atom stereocenters. The van der Waals surface area contributed by atoms with Crippen molar-refractivity contribution in [3.63, 3.8) is 0 Å². The van der Waals surface area contributed by atoms with Gasteiger partial charge in [-0.25, -0.2) is 8.78 Å². The Morgan fingerprint density at radius 2 is 1.62 bits per heavy atom. The van der Waals surface area contributed by atoms with E-state index in [9.17, 15) is 18.4 Å². The Hall–Kier alpha value is -3.41. The van der Waals surface area contributed by atoms with Crippen LogP contribution in [0.15, 0.2) is 48.5 Å². The number of halogens is 2. The van der Waals surface area contributed by atoms with Gasteiger partial charge in [-0.1, -0.05) is 37.3 Å². The summed E-state index contributed by atoms with van der Waals surface area (Å²) in [5, 5.41) is 0. The van der Waals surface area contributed by atoms with Crippen LogP contribution in [-0.4, -0.2) is 23.7 Å². The zero-order valence-corrected chi connectivity index (χ0v) is 18.7. The van der Waals surface area contributed by atoms with Crippen LogP contribution in [0.2, 0.25) is 0 Å². The fourth-order valence-electron chi connectivity index (χ4n) is 3.60. The molecule has 32 heavy (non-hydrogen) atoms. The molecule has 3 rings (SSSR count). The predicted octanol–water partition coefficient (Wildman–Crippen LogP) is 5.83. The minimum Gasteiger partial charge on any atom is -0.313 e. The van der Waals surface area contributed by atoms with Crippen molar-refractivity contribution in [3.05, 3.63) is 82.7 Å². The first-order chi connectivity index (χ1) is 15.2. The SMILES string of the molecule is CCC(=O)N(C)c1ccc(-c2ccc(C(=O)CCc3ccc(C)nc3C)cc2)c(F)c1F. The zero-order valence-electron chi connectivity index (χ0n) is 18.7. The number of anilines is 1. The number of benzene rings is 2. The Kier molecular flexibility index (Phi) is 7.13. The molecule has 6 heteroatoms. The van der Waals surface area contributed by atoms with E-state index in [1.54, 1.807) is 31.2 Å². The summed E-state index contributed by atoms with van der Waals surface area (Å²) < 4.78 is 29.3. The largest absolute Gasteiger partial charge is 0.313 e. The number of hydrogen-bond acceptors (Lipinski definition) is 3. The highest BCUT2D eigenvalue weighted by atomic mass is 19.2. The Balaban J connectivity index is 1.75. The van der Waals surface area contributed by atoms with Crippen molar-refractivity contribution in [3.8, 4) is 11.1 Å². The van der Waals surface area contributed by atoms with Crippen molar-refractivity contribution in [1.29, 1.82) is 0 Å². The Morgan fingerprint density at radius 3 is 2.25 bits per heavy atom. The molecular weight excluding hydrogens is 410 g/mol. The van der Waals surface area contributed by atoms with Crippen molar-refractivity contribution in [1.82, 2.24) is 4.98 Å². The molecule has 1 heterocycles. The number of ketones is 1. The molecule has 0 aliphatic rings. The minimum absolute atomic E-state index is 0.0294. The van der Waals surface area contributed by atoms with E-state index in [1.807, 2.05) is 26.0 Å². The number of carbonyl (C=O) groups is 2. The smallest absolute Gasteiger partial charge is 0.226 e. The van der Waals surface area contributed by atoms with Gasteiger partial charge in [0, 0.05) is 42.4 Å². The maximum absolute atomic E-state index is 14.7. The molecule has 0 bridgehead atoms. The number of amides is 1. The van der Waals surface area contributed by atoms with Crippen LogP contribution in [0.25, 0.3) is 11.1 Å². The number of aryl methyl sites for hydroxylation is 3. The van der Waals surface area contributed by atoms with Crippen LogP contribution < -0.4 is 4.90 Å². The second kappa shape index (κ2) is 9.81. The van der Waals surface area contributed by atoms with Gasteiger partial charge in [-0.3, -0.25) is 14.6 Å². The van der Waals surface area contributed by atoms with Crippen molar-refractivity contribution in [2.24, 2.45) is 0 Å². The summed E-state index contributed by atoms with van der Waals surface area (Å²) in [5.74, 6) is -2.44. The van der Waals surface area contributed by atoms with Gasteiger partial charge in [0.25, 0.3) is 0 Å². The van der Waals surface area contributed by atoms with Gasteiger partial charge in [0.05, 0.1) is 5.69 Å². The first-order valence-electron chi connectivity index (χ1n) is 10.5. The van der Waals surface area contributed by atoms with Gasteiger partial charge >= 0.3 is 0 Å². The molecule has 1 aromatic heterocycles. The third-order valence-corrected chi connectivity index (χ3v) is 5.57. The first-order valence-corrected chi connectivity index (χ1v) is 10.5. The molecule has 4 nitrogen and oxygen atoms in total. The van der Waals surface area contributed by atoms with Crippen LogP contribution in [0.1, 0.15) is 47.1 Å².